The Kier molecular flexibility index (Phi) is 10.3. The first kappa shape index (κ1) is 30.3. The highest BCUT2D eigenvalue weighted by Gasteiger charge is 2.38. The van der Waals surface area contributed by atoms with E-state index in [2.05, 4.69) is 67.8 Å². The number of piperazine rings is 1. The summed E-state index contributed by atoms with van der Waals surface area (Å²) in [7, 11) is 0. The number of carboxylic acids is 1. The molecule has 0 saturated carbocycles. The average Bonchev–Trinajstić information content (AvgIpc) is 2.81. The minimum atomic E-state index is -5.08. The zero-order chi connectivity index (χ0) is 27.9. The van der Waals surface area contributed by atoms with Crippen molar-refractivity contribution in [3.05, 3.63) is 30.0 Å². The maximum atomic E-state index is 10.6. The standard InChI is InChI=1S/C23H39N7.C2HF3O2/c1-22(2,3)19-17-20(27-21(26-19)23(4,5)6)29-15-13-28(14-16-29)11-7-8-12-30-18-24-9-10-25-30;3-2(4,5)1(6)7/h9-10,17-18,25H,7-8,11-16H2,1-6H3;(H,6,7). The third-order valence-electron chi connectivity index (χ3n) is 5.82. The summed E-state index contributed by atoms with van der Waals surface area (Å²) in [5.74, 6) is -0.729. The lowest BCUT2D eigenvalue weighted by Crippen LogP contribution is -2.47. The highest BCUT2D eigenvalue weighted by Crippen LogP contribution is 2.28. The van der Waals surface area contributed by atoms with Crippen molar-refractivity contribution in [3.63, 3.8) is 0 Å². The summed E-state index contributed by atoms with van der Waals surface area (Å²) in [6, 6.07) is 2.20. The van der Waals surface area contributed by atoms with Crippen LogP contribution in [-0.2, 0) is 15.6 Å². The number of hydrogen-bond acceptors (Lipinski definition) is 8. The molecule has 0 bridgehead atoms. The maximum absolute atomic E-state index is 10.6. The van der Waals surface area contributed by atoms with E-state index < -0.39 is 12.1 Å². The van der Waals surface area contributed by atoms with Gasteiger partial charge >= 0.3 is 12.1 Å². The Balaban J connectivity index is 0.000000604. The Morgan fingerprint density at radius 2 is 1.57 bits per heavy atom. The van der Waals surface area contributed by atoms with Gasteiger partial charge in [0.2, 0.25) is 0 Å². The number of aliphatic carboxylic acids is 1. The fraction of sp³-hybridized carbons (Fsp3) is 0.680. The van der Waals surface area contributed by atoms with Crippen LogP contribution in [0.25, 0.3) is 0 Å². The zero-order valence-electron chi connectivity index (χ0n) is 22.6. The normalized spacial score (nSPS) is 16.8. The maximum Gasteiger partial charge on any atom is 0.490 e. The molecule has 1 aromatic heterocycles. The molecule has 12 heteroatoms. The van der Waals surface area contributed by atoms with Crippen LogP contribution >= 0.6 is 0 Å². The summed E-state index contributed by atoms with van der Waals surface area (Å²) in [4.78, 5) is 27.9. The van der Waals surface area contributed by atoms with E-state index in [-0.39, 0.29) is 10.8 Å². The Hall–Kier alpha value is -2.89. The van der Waals surface area contributed by atoms with Crippen molar-refractivity contribution >= 4 is 18.1 Å². The van der Waals surface area contributed by atoms with Crippen LogP contribution < -0.4 is 10.3 Å². The van der Waals surface area contributed by atoms with Gasteiger partial charge in [-0.15, -0.1) is 0 Å². The Morgan fingerprint density at radius 1 is 0.973 bits per heavy atom. The van der Waals surface area contributed by atoms with Gasteiger partial charge in [-0.05, 0) is 19.4 Å². The number of alkyl halides is 3. The van der Waals surface area contributed by atoms with Crippen LogP contribution in [0.2, 0.25) is 0 Å². The van der Waals surface area contributed by atoms with E-state index in [4.69, 9.17) is 19.9 Å². The van der Waals surface area contributed by atoms with Crippen molar-refractivity contribution in [1.29, 1.82) is 0 Å². The highest BCUT2D eigenvalue weighted by molar-refractivity contribution is 5.73. The van der Waals surface area contributed by atoms with E-state index in [1.54, 1.807) is 6.20 Å². The lowest BCUT2D eigenvalue weighted by molar-refractivity contribution is -0.192. The van der Waals surface area contributed by atoms with Gasteiger partial charge in [0.15, 0.2) is 0 Å². The van der Waals surface area contributed by atoms with Crippen molar-refractivity contribution in [2.24, 2.45) is 4.99 Å². The summed E-state index contributed by atoms with van der Waals surface area (Å²) >= 11 is 0. The molecule has 1 aromatic rings. The molecule has 2 aliphatic heterocycles. The molecule has 9 nitrogen and oxygen atoms in total. The molecule has 3 rings (SSSR count). The second kappa shape index (κ2) is 12.6. The van der Waals surface area contributed by atoms with E-state index in [0.29, 0.717) is 0 Å². The number of nitrogens with zero attached hydrogens (tertiary/aromatic N) is 6. The summed E-state index contributed by atoms with van der Waals surface area (Å²) in [6.07, 6.45) is 2.75. The van der Waals surface area contributed by atoms with E-state index in [0.717, 1.165) is 63.0 Å². The first-order valence-corrected chi connectivity index (χ1v) is 12.5. The SMILES string of the molecule is CC(C)(C)c1cc(N2CCN(CCCCN3C=NC=CN3)CC2)nc(C(C)(C)C)n1.O=C(O)C(F)(F)F. The van der Waals surface area contributed by atoms with E-state index in [1.807, 2.05) is 17.5 Å². The van der Waals surface area contributed by atoms with Crippen LogP contribution in [0.15, 0.2) is 23.5 Å². The van der Waals surface area contributed by atoms with Gasteiger partial charge in [0, 0.05) is 62.0 Å². The van der Waals surface area contributed by atoms with E-state index in [9.17, 15) is 13.2 Å². The minimum Gasteiger partial charge on any atom is -0.475 e. The van der Waals surface area contributed by atoms with Gasteiger partial charge in [0.25, 0.3) is 0 Å². The van der Waals surface area contributed by atoms with Crippen LogP contribution in [0.1, 0.15) is 65.9 Å². The zero-order valence-corrected chi connectivity index (χ0v) is 22.6. The number of aliphatic imine (C=N–C) groups is 1. The van der Waals surface area contributed by atoms with Crippen molar-refractivity contribution in [2.45, 2.75) is 71.4 Å². The fourth-order valence-electron chi connectivity index (χ4n) is 3.58. The number of halogens is 3. The Bertz CT molecular complexity index is 913. The van der Waals surface area contributed by atoms with Crippen molar-refractivity contribution < 1.29 is 23.1 Å². The predicted molar refractivity (Wildman–Crippen MR) is 138 cm³/mol. The van der Waals surface area contributed by atoms with Crippen LogP contribution in [0, 0.1) is 0 Å². The molecule has 1 saturated heterocycles. The molecule has 2 N–H and O–H groups in total. The molecule has 0 aromatic carbocycles. The molecule has 2 aliphatic rings. The summed E-state index contributed by atoms with van der Waals surface area (Å²) in [6.45, 7) is 19.6. The van der Waals surface area contributed by atoms with Crippen molar-refractivity contribution in [3.8, 4) is 0 Å². The first-order valence-electron chi connectivity index (χ1n) is 12.5. The number of rotatable bonds is 6. The molecule has 0 radical (unpaired) electrons. The second-order valence-corrected chi connectivity index (χ2v) is 11.2. The fourth-order valence-corrected chi connectivity index (χ4v) is 3.58. The highest BCUT2D eigenvalue weighted by atomic mass is 19.4. The average molecular weight is 528 g/mol. The number of carbonyl (C=O) groups is 1. The molecular formula is C25H40F3N7O2. The molecule has 208 valence electrons. The Morgan fingerprint density at radius 3 is 2.05 bits per heavy atom. The first-order chi connectivity index (χ1) is 17.1. The number of aromatic nitrogens is 2. The molecule has 37 heavy (non-hydrogen) atoms. The van der Waals surface area contributed by atoms with E-state index >= 15 is 0 Å². The monoisotopic (exact) mass is 527 g/mol. The number of hydrogen-bond donors (Lipinski definition) is 2. The van der Waals surface area contributed by atoms with Gasteiger partial charge in [0.05, 0.1) is 5.69 Å². The third kappa shape index (κ3) is 10.2. The molecule has 3 heterocycles. The molecule has 0 spiro atoms. The minimum absolute atomic E-state index is 0.0171. The smallest absolute Gasteiger partial charge is 0.475 e. The molecule has 0 unspecified atom stereocenters. The number of unbranched alkanes of at least 4 members (excludes halogenated alkanes) is 1. The van der Waals surface area contributed by atoms with Crippen LogP contribution in [0.5, 0.6) is 0 Å². The van der Waals surface area contributed by atoms with E-state index in [1.165, 1.54) is 6.42 Å². The van der Waals surface area contributed by atoms with Gasteiger partial charge < -0.3 is 15.4 Å². The van der Waals surface area contributed by atoms with Crippen molar-refractivity contribution in [1.82, 2.24) is 25.3 Å². The lowest BCUT2D eigenvalue weighted by Gasteiger charge is -2.36. The summed E-state index contributed by atoms with van der Waals surface area (Å²) in [5, 5.41) is 9.16. The molecular weight excluding hydrogens is 487 g/mol. The van der Waals surface area contributed by atoms with Gasteiger partial charge in [-0.1, -0.05) is 41.5 Å². The molecule has 0 amide bonds. The topological polar surface area (TPSA) is 97.2 Å². The predicted octanol–water partition coefficient (Wildman–Crippen LogP) is 3.93. The summed E-state index contributed by atoms with van der Waals surface area (Å²) < 4.78 is 31.7. The molecule has 1 fully saturated rings. The van der Waals surface area contributed by atoms with Crippen LogP contribution in [0.3, 0.4) is 0 Å². The van der Waals surface area contributed by atoms with Crippen molar-refractivity contribution in [2.75, 3.05) is 44.2 Å². The van der Waals surface area contributed by atoms with Gasteiger partial charge in [0.1, 0.15) is 18.0 Å². The number of hydrazine groups is 1. The lowest BCUT2D eigenvalue weighted by atomic mass is 9.90. The molecule has 0 atom stereocenters. The summed E-state index contributed by atoms with van der Waals surface area (Å²) in [5.41, 5.74) is 4.27. The number of carboxylic acid groups (broad SMARTS) is 1. The van der Waals surface area contributed by atoms with Gasteiger partial charge in [-0.2, -0.15) is 13.2 Å². The largest absolute Gasteiger partial charge is 0.490 e. The Labute approximate surface area is 217 Å². The van der Waals surface area contributed by atoms with Gasteiger partial charge in [-0.25, -0.2) is 19.8 Å². The number of nitrogens with one attached hydrogen (secondary N) is 1. The third-order valence-corrected chi connectivity index (χ3v) is 5.82. The molecule has 0 aliphatic carbocycles. The van der Waals surface area contributed by atoms with Crippen LogP contribution in [-0.4, -0.2) is 82.7 Å². The van der Waals surface area contributed by atoms with Crippen LogP contribution in [0.4, 0.5) is 19.0 Å². The quantitative estimate of drug-likeness (QED) is 0.538. The van der Waals surface area contributed by atoms with Gasteiger partial charge in [-0.3, -0.25) is 9.91 Å². The number of anilines is 1. The second-order valence-electron chi connectivity index (χ2n) is 11.2.